The molecule has 1 N–H and O–H groups in total. The summed E-state index contributed by atoms with van der Waals surface area (Å²) in [7, 11) is 0. The minimum atomic E-state index is -1.09. The van der Waals surface area contributed by atoms with Crippen molar-refractivity contribution >= 4 is 35.1 Å². The summed E-state index contributed by atoms with van der Waals surface area (Å²) in [6, 6.07) is 0. The van der Waals surface area contributed by atoms with Gasteiger partial charge in [-0.05, 0) is 12.8 Å². The molecule has 0 spiro atoms. The van der Waals surface area contributed by atoms with E-state index in [0.717, 1.165) is 0 Å². The van der Waals surface area contributed by atoms with Crippen LogP contribution in [0.2, 0.25) is 0 Å². The third-order valence-corrected chi connectivity index (χ3v) is 2.64. The maximum absolute atomic E-state index is 11.3. The van der Waals surface area contributed by atoms with Crippen LogP contribution in [0.15, 0.2) is 0 Å². The van der Waals surface area contributed by atoms with E-state index in [0.29, 0.717) is 19.4 Å². The highest BCUT2D eigenvalue weighted by Crippen LogP contribution is 2.19. The maximum atomic E-state index is 11.3. The second-order valence-corrected chi connectivity index (χ2v) is 4.36. The average Bonchev–Trinajstić information content (AvgIpc) is 2.16. The van der Waals surface area contributed by atoms with Gasteiger partial charge in [0.1, 0.15) is 0 Å². The van der Waals surface area contributed by atoms with Gasteiger partial charge in [0.15, 0.2) is 4.84 Å². The first-order valence-corrected chi connectivity index (χ1v) is 5.19. The van der Waals surface area contributed by atoms with Gasteiger partial charge < -0.3 is 10.0 Å². The summed E-state index contributed by atoms with van der Waals surface area (Å²) in [6.45, 7) is 0.753. The van der Waals surface area contributed by atoms with Crippen molar-refractivity contribution in [3.05, 3.63) is 0 Å². The second kappa shape index (κ2) is 4.84. The van der Waals surface area contributed by atoms with E-state index in [1.807, 2.05) is 0 Å². The Bertz CT molecular complexity index is 245. The van der Waals surface area contributed by atoms with Gasteiger partial charge in [-0.3, -0.25) is 9.59 Å². The molecule has 0 aliphatic carbocycles. The van der Waals surface area contributed by atoms with E-state index in [-0.39, 0.29) is 6.54 Å². The first kappa shape index (κ1) is 11.6. The molecule has 1 heterocycles. The third kappa shape index (κ3) is 2.75. The highest BCUT2D eigenvalue weighted by atomic mass is 35.5. The van der Waals surface area contributed by atoms with Crippen LogP contribution in [-0.2, 0) is 9.59 Å². The van der Waals surface area contributed by atoms with Gasteiger partial charge in [0.25, 0.3) is 5.91 Å². The molecule has 80 valence electrons. The number of carbonyl (C=O) groups is 2. The topological polar surface area (TPSA) is 57.6 Å². The predicted molar refractivity (Wildman–Crippen MR) is 52.4 cm³/mol. The van der Waals surface area contributed by atoms with Gasteiger partial charge in [0.2, 0.25) is 0 Å². The molecule has 4 nitrogen and oxygen atoms in total. The Hall–Kier alpha value is -0.480. The van der Waals surface area contributed by atoms with Crippen LogP contribution in [0.3, 0.4) is 0 Å². The number of alkyl halides is 2. The van der Waals surface area contributed by atoms with Crippen LogP contribution in [0.5, 0.6) is 0 Å². The number of nitrogens with zero attached hydrogens (tertiary/aromatic N) is 1. The normalized spacial score (nSPS) is 22.5. The molecule has 14 heavy (non-hydrogen) atoms. The molecule has 1 aliphatic heterocycles. The Kier molecular flexibility index (Phi) is 4.01. The molecule has 0 radical (unpaired) electrons. The largest absolute Gasteiger partial charge is 0.481 e. The second-order valence-electron chi connectivity index (χ2n) is 3.26. The molecule has 0 bridgehead atoms. The summed E-state index contributed by atoms with van der Waals surface area (Å²) in [5, 5.41) is 8.77. The third-order valence-electron chi connectivity index (χ3n) is 2.27. The van der Waals surface area contributed by atoms with Crippen molar-refractivity contribution in [1.29, 1.82) is 0 Å². The predicted octanol–water partition coefficient (Wildman–Crippen LogP) is 1.11. The van der Waals surface area contributed by atoms with Gasteiger partial charge in [0.05, 0.1) is 5.92 Å². The lowest BCUT2D eigenvalue weighted by Gasteiger charge is -2.30. The number of carboxylic acids is 1. The van der Waals surface area contributed by atoms with Crippen molar-refractivity contribution in [3.8, 4) is 0 Å². The maximum Gasteiger partial charge on any atom is 0.308 e. The van der Waals surface area contributed by atoms with Crippen LogP contribution < -0.4 is 0 Å². The molecule has 1 rings (SSSR count). The average molecular weight is 240 g/mol. The highest BCUT2D eigenvalue weighted by Gasteiger charge is 2.30. The smallest absolute Gasteiger partial charge is 0.308 e. The van der Waals surface area contributed by atoms with E-state index in [4.69, 9.17) is 28.3 Å². The summed E-state index contributed by atoms with van der Waals surface area (Å²) in [5.74, 6) is -1.76. The van der Waals surface area contributed by atoms with Crippen LogP contribution in [0.4, 0.5) is 0 Å². The molecule has 0 aromatic heterocycles. The van der Waals surface area contributed by atoms with Crippen molar-refractivity contribution in [3.63, 3.8) is 0 Å². The van der Waals surface area contributed by atoms with Crippen LogP contribution >= 0.6 is 23.2 Å². The highest BCUT2D eigenvalue weighted by molar-refractivity contribution is 6.53. The van der Waals surface area contributed by atoms with E-state index in [2.05, 4.69) is 0 Å². The minimum absolute atomic E-state index is 0.212. The molecule has 1 saturated heterocycles. The number of piperidine rings is 1. The Labute approximate surface area is 91.8 Å². The van der Waals surface area contributed by atoms with Gasteiger partial charge in [-0.25, -0.2) is 0 Å². The number of hydrogen-bond acceptors (Lipinski definition) is 2. The Morgan fingerprint density at radius 2 is 2.07 bits per heavy atom. The summed E-state index contributed by atoms with van der Waals surface area (Å²) < 4.78 is 0. The first-order valence-electron chi connectivity index (χ1n) is 4.32. The molecular weight excluding hydrogens is 229 g/mol. The number of carboxylic acid groups (broad SMARTS) is 1. The van der Waals surface area contributed by atoms with Gasteiger partial charge in [0, 0.05) is 13.1 Å². The Morgan fingerprint density at radius 3 is 2.57 bits per heavy atom. The zero-order valence-electron chi connectivity index (χ0n) is 7.45. The minimum Gasteiger partial charge on any atom is -0.481 e. The SMILES string of the molecule is O=C(O)C1CCCN(C(=O)C(Cl)Cl)C1. The Morgan fingerprint density at radius 1 is 1.43 bits per heavy atom. The van der Waals surface area contributed by atoms with E-state index in [1.54, 1.807) is 0 Å². The summed E-state index contributed by atoms with van der Waals surface area (Å²) >= 11 is 10.8. The van der Waals surface area contributed by atoms with Crippen molar-refractivity contribution in [2.75, 3.05) is 13.1 Å². The number of carbonyl (C=O) groups excluding carboxylic acids is 1. The zero-order valence-corrected chi connectivity index (χ0v) is 8.96. The van der Waals surface area contributed by atoms with Gasteiger partial charge >= 0.3 is 5.97 Å². The lowest BCUT2D eigenvalue weighted by molar-refractivity contribution is -0.145. The van der Waals surface area contributed by atoms with Crippen LogP contribution in [0.25, 0.3) is 0 Å². The molecule has 0 aromatic carbocycles. The molecule has 1 amide bonds. The van der Waals surface area contributed by atoms with Crippen molar-refractivity contribution in [2.24, 2.45) is 5.92 Å². The molecular formula is C8H11Cl2NO3. The van der Waals surface area contributed by atoms with Gasteiger partial charge in [-0.15, -0.1) is 0 Å². The summed E-state index contributed by atoms with van der Waals surface area (Å²) in [4.78, 5) is 22.3. The fraction of sp³-hybridized carbons (Fsp3) is 0.750. The Balaban J connectivity index is 2.56. The number of rotatable bonds is 2. The van der Waals surface area contributed by atoms with Crippen molar-refractivity contribution < 1.29 is 14.7 Å². The standard InChI is InChI=1S/C8H11Cl2NO3/c9-6(10)7(12)11-3-1-2-5(4-11)8(13)14/h5-6H,1-4H2,(H,13,14). The van der Waals surface area contributed by atoms with E-state index >= 15 is 0 Å². The molecule has 1 aliphatic rings. The molecule has 0 aromatic rings. The number of amides is 1. The van der Waals surface area contributed by atoms with Crippen LogP contribution in [0.1, 0.15) is 12.8 Å². The van der Waals surface area contributed by atoms with Gasteiger partial charge in [-0.1, -0.05) is 23.2 Å². The van der Waals surface area contributed by atoms with Crippen molar-refractivity contribution in [1.82, 2.24) is 4.90 Å². The van der Waals surface area contributed by atoms with E-state index < -0.39 is 22.6 Å². The number of halogens is 2. The summed E-state index contributed by atoms with van der Waals surface area (Å²) in [5.41, 5.74) is 0. The van der Waals surface area contributed by atoms with E-state index in [9.17, 15) is 9.59 Å². The lowest BCUT2D eigenvalue weighted by Crippen LogP contribution is -2.44. The molecule has 1 unspecified atom stereocenters. The zero-order chi connectivity index (χ0) is 10.7. The summed E-state index contributed by atoms with van der Waals surface area (Å²) in [6.07, 6.45) is 1.29. The fourth-order valence-corrected chi connectivity index (χ4v) is 1.79. The lowest BCUT2D eigenvalue weighted by atomic mass is 9.98. The molecule has 1 atom stereocenters. The monoisotopic (exact) mass is 239 g/mol. The number of likely N-dealkylation sites (tertiary alicyclic amines) is 1. The molecule has 1 fully saturated rings. The first-order chi connectivity index (χ1) is 6.52. The molecule has 0 saturated carbocycles. The number of aliphatic carboxylic acids is 1. The van der Waals surface area contributed by atoms with Crippen molar-refractivity contribution in [2.45, 2.75) is 17.7 Å². The quantitative estimate of drug-likeness (QED) is 0.735. The number of hydrogen-bond donors (Lipinski definition) is 1. The van der Waals surface area contributed by atoms with Crippen LogP contribution in [0, 0.1) is 5.92 Å². The van der Waals surface area contributed by atoms with Gasteiger partial charge in [-0.2, -0.15) is 0 Å². The molecule has 6 heteroatoms. The van der Waals surface area contributed by atoms with E-state index in [1.165, 1.54) is 4.90 Å². The fourth-order valence-electron chi connectivity index (χ4n) is 1.52. The van der Waals surface area contributed by atoms with Crippen LogP contribution in [-0.4, -0.2) is 39.8 Å².